The van der Waals surface area contributed by atoms with Crippen LogP contribution in [0, 0.1) is 25.7 Å². The van der Waals surface area contributed by atoms with Crippen LogP contribution in [0.15, 0.2) is 65.6 Å². The number of hydrogen-bond acceptors (Lipinski definition) is 4. The van der Waals surface area contributed by atoms with Crippen LogP contribution < -0.4 is 10.0 Å². The van der Waals surface area contributed by atoms with Gasteiger partial charge >= 0.3 is 0 Å². The van der Waals surface area contributed by atoms with E-state index >= 15 is 0 Å². The number of hydrogen-bond donors (Lipinski definition) is 2. The van der Waals surface area contributed by atoms with E-state index in [1.165, 1.54) is 5.56 Å². The highest BCUT2D eigenvalue weighted by atomic mass is 32.2. The van der Waals surface area contributed by atoms with E-state index in [1.54, 1.807) is 12.1 Å². The fourth-order valence-electron chi connectivity index (χ4n) is 5.73. The van der Waals surface area contributed by atoms with Crippen molar-refractivity contribution in [2.75, 3.05) is 10.0 Å². The van der Waals surface area contributed by atoms with Gasteiger partial charge in [-0.15, -0.1) is 0 Å². The second kappa shape index (κ2) is 9.40. The molecule has 0 saturated heterocycles. The van der Waals surface area contributed by atoms with Gasteiger partial charge in [0.05, 0.1) is 10.9 Å². The van der Waals surface area contributed by atoms with E-state index in [0.29, 0.717) is 22.4 Å². The van der Waals surface area contributed by atoms with Gasteiger partial charge in [-0.05, 0) is 91.1 Å². The molecule has 188 valence electrons. The third-order valence-corrected chi connectivity index (χ3v) is 9.26. The van der Waals surface area contributed by atoms with Gasteiger partial charge in [-0.25, -0.2) is 8.42 Å². The number of nitrogens with one attached hydrogen (secondary N) is 2. The van der Waals surface area contributed by atoms with Crippen molar-refractivity contribution in [2.24, 2.45) is 11.8 Å². The summed E-state index contributed by atoms with van der Waals surface area (Å²) in [6, 6.07) is 19.2. The fraction of sp³-hybridized carbons (Fsp3) is 0.367. The summed E-state index contributed by atoms with van der Waals surface area (Å²) in [7, 11) is -3.70. The number of carbonyl (C=O) groups excluding carboxylic acids is 1. The van der Waals surface area contributed by atoms with E-state index in [-0.39, 0.29) is 17.7 Å². The monoisotopic (exact) mass is 502 g/mol. The summed E-state index contributed by atoms with van der Waals surface area (Å²) < 4.78 is 29.2. The van der Waals surface area contributed by atoms with E-state index in [1.807, 2.05) is 64.1 Å². The number of fused-ring (bicyclic) bond motifs is 3. The number of anilines is 2. The molecule has 0 aromatic heterocycles. The van der Waals surface area contributed by atoms with Crippen LogP contribution >= 0.6 is 0 Å². The van der Waals surface area contributed by atoms with Crippen LogP contribution in [0.4, 0.5) is 11.4 Å². The topological polar surface area (TPSA) is 75.3 Å². The van der Waals surface area contributed by atoms with Gasteiger partial charge in [0.2, 0.25) is 0 Å². The molecule has 2 unspecified atom stereocenters. The minimum absolute atomic E-state index is 0.0234. The molecule has 1 fully saturated rings. The number of aryl methyl sites for hydroxylation is 2. The Morgan fingerprint density at radius 3 is 2.39 bits per heavy atom. The first-order chi connectivity index (χ1) is 17.1. The van der Waals surface area contributed by atoms with Gasteiger partial charge in [-0.1, -0.05) is 50.6 Å². The third kappa shape index (κ3) is 4.55. The van der Waals surface area contributed by atoms with Gasteiger partial charge in [-0.2, -0.15) is 0 Å². The van der Waals surface area contributed by atoms with Crippen LogP contribution in [0.3, 0.4) is 0 Å². The van der Waals surface area contributed by atoms with Gasteiger partial charge in [0.1, 0.15) is 0 Å². The molecule has 0 radical (unpaired) electrons. The molecule has 1 aliphatic heterocycles. The summed E-state index contributed by atoms with van der Waals surface area (Å²) in [5.74, 6) is 0.824. The summed E-state index contributed by atoms with van der Waals surface area (Å²) in [5, 5.41) is 3.70. The van der Waals surface area contributed by atoms with Crippen molar-refractivity contribution in [3.8, 4) is 0 Å². The molecule has 5 rings (SSSR count). The zero-order valence-corrected chi connectivity index (χ0v) is 22.2. The molecule has 36 heavy (non-hydrogen) atoms. The van der Waals surface area contributed by atoms with Crippen LogP contribution in [-0.4, -0.2) is 14.2 Å². The summed E-state index contributed by atoms with van der Waals surface area (Å²) in [5.41, 5.74) is 6.75. The van der Waals surface area contributed by atoms with Crippen molar-refractivity contribution < 1.29 is 13.2 Å². The zero-order valence-electron chi connectivity index (χ0n) is 21.3. The molecule has 2 aliphatic rings. The first-order valence-corrected chi connectivity index (χ1v) is 14.3. The Morgan fingerprint density at radius 2 is 1.69 bits per heavy atom. The third-order valence-electron chi connectivity index (χ3n) is 7.88. The molecule has 0 amide bonds. The maximum absolute atomic E-state index is 13.2. The normalized spacial score (nSPS) is 21.0. The van der Waals surface area contributed by atoms with Gasteiger partial charge < -0.3 is 5.32 Å². The quantitative estimate of drug-likeness (QED) is 0.356. The maximum Gasteiger partial charge on any atom is 0.261 e. The smallest absolute Gasteiger partial charge is 0.261 e. The molecule has 1 aliphatic carbocycles. The second-order valence-electron chi connectivity index (χ2n) is 10.6. The Balaban J connectivity index is 1.43. The van der Waals surface area contributed by atoms with Crippen molar-refractivity contribution in [1.82, 2.24) is 0 Å². The molecule has 3 aromatic carbocycles. The lowest BCUT2D eigenvalue weighted by molar-refractivity contribution is 0.0939. The molecule has 1 saturated carbocycles. The molecular formula is C30H34N2O3S. The summed E-state index contributed by atoms with van der Waals surface area (Å²) in [4.78, 5) is 12.7. The van der Waals surface area contributed by atoms with Crippen molar-refractivity contribution >= 4 is 27.2 Å². The molecule has 0 spiro atoms. The lowest BCUT2D eigenvalue weighted by Gasteiger charge is -2.38. The lowest BCUT2D eigenvalue weighted by atomic mass is 9.77. The largest absolute Gasteiger partial charge is 0.378 e. The Morgan fingerprint density at radius 1 is 0.944 bits per heavy atom. The number of benzene rings is 3. The maximum atomic E-state index is 13.2. The highest BCUT2D eigenvalue weighted by Gasteiger charge is 2.40. The van der Waals surface area contributed by atoms with E-state index in [4.69, 9.17) is 0 Å². The van der Waals surface area contributed by atoms with E-state index in [9.17, 15) is 13.2 Å². The average Bonchev–Trinajstić information content (AvgIpc) is 3.35. The highest BCUT2D eigenvalue weighted by molar-refractivity contribution is 7.92. The predicted octanol–water partition coefficient (Wildman–Crippen LogP) is 6.99. The Hall–Kier alpha value is -3.12. The average molecular weight is 503 g/mol. The van der Waals surface area contributed by atoms with Crippen molar-refractivity contribution in [3.05, 3.63) is 88.5 Å². The SMILES string of the molecule is Cc1ccc(NS(=O)(=O)c2ccc3c(c2)C2CCCC2[C@H](c2ccc(C(=O)C(C)C)cc2)N3)cc1C. The number of carbonyl (C=O) groups is 1. The van der Waals surface area contributed by atoms with E-state index in [2.05, 4.69) is 22.2 Å². The van der Waals surface area contributed by atoms with E-state index < -0.39 is 10.0 Å². The van der Waals surface area contributed by atoms with Crippen LogP contribution in [0.2, 0.25) is 0 Å². The Bertz CT molecular complexity index is 1410. The molecule has 6 heteroatoms. The molecule has 1 heterocycles. The Kier molecular flexibility index (Phi) is 6.41. The van der Waals surface area contributed by atoms with Crippen LogP contribution in [-0.2, 0) is 10.0 Å². The molecule has 0 bridgehead atoms. The van der Waals surface area contributed by atoms with E-state index in [0.717, 1.165) is 47.2 Å². The van der Waals surface area contributed by atoms with Gasteiger partial charge in [0, 0.05) is 22.9 Å². The van der Waals surface area contributed by atoms with Gasteiger partial charge in [0.25, 0.3) is 10.0 Å². The number of rotatable bonds is 6. The van der Waals surface area contributed by atoms with Crippen molar-refractivity contribution in [1.29, 1.82) is 0 Å². The molecule has 2 N–H and O–H groups in total. The fourth-order valence-corrected chi connectivity index (χ4v) is 6.82. The van der Waals surface area contributed by atoms with Crippen LogP contribution in [0.5, 0.6) is 0 Å². The molecule has 5 nitrogen and oxygen atoms in total. The van der Waals surface area contributed by atoms with Crippen molar-refractivity contribution in [2.45, 2.75) is 63.8 Å². The minimum atomic E-state index is -3.70. The standard InChI is InChI=1S/C30H34N2O3S/c1-18(2)30(33)22-11-9-21(10-12-22)29-26-7-5-6-25(26)27-17-24(14-15-28(27)31-29)36(34,35)32-23-13-8-19(3)20(4)16-23/h8-18,25-26,29,31-32H,5-7H2,1-4H3/t25?,26?,29-/m0/s1. The Labute approximate surface area is 214 Å². The van der Waals surface area contributed by atoms with Crippen molar-refractivity contribution in [3.63, 3.8) is 0 Å². The van der Waals surface area contributed by atoms with Crippen LogP contribution in [0.1, 0.15) is 77.7 Å². The first kappa shape index (κ1) is 24.6. The highest BCUT2D eigenvalue weighted by Crippen LogP contribution is 2.53. The summed E-state index contributed by atoms with van der Waals surface area (Å²) in [6.45, 7) is 7.83. The summed E-state index contributed by atoms with van der Waals surface area (Å²) >= 11 is 0. The zero-order chi connectivity index (χ0) is 25.6. The molecule has 3 aromatic rings. The number of ketones is 1. The second-order valence-corrected chi connectivity index (χ2v) is 12.3. The summed E-state index contributed by atoms with van der Waals surface area (Å²) in [6.07, 6.45) is 3.26. The van der Waals surface area contributed by atoms with Crippen LogP contribution in [0.25, 0.3) is 0 Å². The van der Waals surface area contributed by atoms with Gasteiger partial charge in [-0.3, -0.25) is 9.52 Å². The minimum Gasteiger partial charge on any atom is -0.378 e. The van der Waals surface area contributed by atoms with Gasteiger partial charge in [0.15, 0.2) is 5.78 Å². The predicted molar refractivity (Wildman–Crippen MR) is 145 cm³/mol. The lowest BCUT2D eigenvalue weighted by Crippen LogP contribution is -2.29. The molecular weight excluding hydrogens is 468 g/mol. The number of sulfonamides is 1. The molecule has 3 atom stereocenters. The first-order valence-electron chi connectivity index (χ1n) is 12.8. The number of Topliss-reactive ketones (excluding diaryl/α,β-unsaturated/α-hetero) is 1.